The Morgan fingerprint density at radius 2 is 2.06 bits per heavy atom. The van der Waals surface area contributed by atoms with Crippen molar-refractivity contribution in [1.29, 1.82) is 0 Å². The van der Waals surface area contributed by atoms with Gasteiger partial charge in [0.25, 0.3) is 0 Å². The third-order valence-electron chi connectivity index (χ3n) is 4.16. The Labute approximate surface area is 107 Å². The molecule has 0 aromatic rings. The zero-order valence-electron chi connectivity index (χ0n) is 10.9. The number of hydrogen-bond donors (Lipinski definition) is 1. The topological polar surface area (TPSA) is 49.4 Å². The average Bonchev–Trinajstić information content (AvgIpc) is 2.84. The molecule has 1 unspecified atom stereocenters. The van der Waals surface area contributed by atoms with Crippen molar-refractivity contribution in [2.45, 2.75) is 57.0 Å². The van der Waals surface area contributed by atoms with Gasteiger partial charge in [-0.2, -0.15) is 0 Å². The van der Waals surface area contributed by atoms with Crippen molar-refractivity contribution >= 4 is 11.8 Å². The molecule has 1 atom stereocenters. The molecule has 0 bridgehead atoms. The number of nitrogens with zero attached hydrogens (tertiary/aromatic N) is 1. The molecule has 0 radical (unpaired) electrons. The summed E-state index contributed by atoms with van der Waals surface area (Å²) in [4.78, 5) is 26.3. The number of rotatable bonds is 4. The first-order valence-electron chi connectivity index (χ1n) is 6.84. The molecule has 1 saturated carbocycles. The van der Waals surface area contributed by atoms with Crippen molar-refractivity contribution in [3.05, 3.63) is 0 Å². The fourth-order valence-electron chi connectivity index (χ4n) is 3.15. The zero-order chi connectivity index (χ0) is 13.2. The lowest BCUT2D eigenvalue weighted by atomic mass is 9.88. The van der Waals surface area contributed by atoms with Crippen molar-refractivity contribution in [3.63, 3.8) is 0 Å². The lowest BCUT2D eigenvalue weighted by Gasteiger charge is -2.46. The van der Waals surface area contributed by atoms with Crippen molar-refractivity contribution < 1.29 is 14.0 Å². The van der Waals surface area contributed by atoms with Crippen LogP contribution < -0.4 is 5.32 Å². The Morgan fingerprint density at radius 3 is 2.61 bits per heavy atom. The van der Waals surface area contributed by atoms with Crippen LogP contribution in [0, 0.1) is 0 Å². The van der Waals surface area contributed by atoms with Crippen molar-refractivity contribution in [2.24, 2.45) is 0 Å². The summed E-state index contributed by atoms with van der Waals surface area (Å²) >= 11 is 0. The molecule has 1 N–H and O–H groups in total. The maximum atomic E-state index is 12.4. The molecule has 2 rings (SSSR count). The van der Waals surface area contributed by atoms with Crippen LogP contribution in [-0.4, -0.2) is 41.5 Å². The van der Waals surface area contributed by atoms with Gasteiger partial charge in [0.05, 0.1) is 6.67 Å². The molecule has 2 aliphatic rings. The van der Waals surface area contributed by atoms with E-state index < -0.39 is 18.3 Å². The number of halogens is 1. The third-order valence-corrected chi connectivity index (χ3v) is 4.16. The summed E-state index contributed by atoms with van der Waals surface area (Å²) in [5.74, 6) is -0.0715. The molecule has 2 amide bonds. The summed E-state index contributed by atoms with van der Waals surface area (Å²) in [6.07, 6.45) is 4.26. The van der Waals surface area contributed by atoms with Crippen LogP contribution in [0.1, 0.15) is 45.4 Å². The highest BCUT2D eigenvalue weighted by Crippen LogP contribution is 2.38. The molecule has 1 saturated heterocycles. The van der Waals surface area contributed by atoms with Crippen molar-refractivity contribution in [2.75, 3.05) is 13.2 Å². The Kier molecular flexibility index (Phi) is 3.88. The van der Waals surface area contributed by atoms with Gasteiger partial charge in [-0.1, -0.05) is 19.8 Å². The monoisotopic (exact) mass is 256 g/mol. The Bertz CT molecular complexity index is 340. The van der Waals surface area contributed by atoms with Gasteiger partial charge in [0, 0.05) is 6.54 Å². The van der Waals surface area contributed by atoms with Gasteiger partial charge in [-0.05, 0) is 25.7 Å². The van der Waals surface area contributed by atoms with Gasteiger partial charge >= 0.3 is 0 Å². The first kappa shape index (κ1) is 13.3. The van der Waals surface area contributed by atoms with Gasteiger partial charge in [-0.15, -0.1) is 0 Å². The summed E-state index contributed by atoms with van der Waals surface area (Å²) in [6.45, 7) is 1.79. The summed E-state index contributed by atoms with van der Waals surface area (Å²) < 4.78 is 12.4. The molecule has 1 aliphatic heterocycles. The van der Waals surface area contributed by atoms with Gasteiger partial charge in [0.15, 0.2) is 0 Å². The molecule has 18 heavy (non-hydrogen) atoms. The van der Waals surface area contributed by atoms with Gasteiger partial charge < -0.3 is 10.2 Å². The molecule has 5 heteroatoms. The third kappa shape index (κ3) is 1.99. The molecule has 102 valence electrons. The maximum Gasteiger partial charge on any atom is 0.246 e. The lowest BCUT2D eigenvalue weighted by Crippen LogP contribution is -2.69. The van der Waals surface area contributed by atoms with E-state index in [0.717, 1.165) is 12.8 Å². The smallest absolute Gasteiger partial charge is 0.246 e. The number of piperazine rings is 1. The molecule has 4 nitrogen and oxygen atoms in total. The van der Waals surface area contributed by atoms with E-state index in [-0.39, 0.29) is 11.8 Å². The second kappa shape index (κ2) is 5.24. The largest absolute Gasteiger partial charge is 0.342 e. The molecule has 2 fully saturated rings. The van der Waals surface area contributed by atoms with Crippen LogP contribution in [0.15, 0.2) is 0 Å². The minimum absolute atomic E-state index is 0.0348. The fourth-order valence-corrected chi connectivity index (χ4v) is 3.15. The van der Waals surface area contributed by atoms with E-state index in [2.05, 4.69) is 5.32 Å². The molecule has 1 heterocycles. The van der Waals surface area contributed by atoms with Crippen LogP contribution in [0.25, 0.3) is 0 Å². The van der Waals surface area contributed by atoms with Gasteiger partial charge in [-0.3, -0.25) is 14.0 Å². The van der Waals surface area contributed by atoms with E-state index in [9.17, 15) is 14.0 Å². The standard InChI is InChI=1S/C13H21FN2O2/c1-2-10-11(17)16(9-5-8-14)13(12(18)15-10)6-3-4-7-13/h10H,2-9H2,1H3,(H,15,18). The second-order valence-corrected chi connectivity index (χ2v) is 5.21. The number of hydrogen-bond acceptors (Lipinski definition) is 2. The Morgan fingerprint density at radius 1 is 1.39 bits per heavy atom. The predicted molar refractivity (Wildman–Crippen MR) is 65.7 cm³/mol. The second-order valence-electron chi connectivity index (χ2n) is 5.21. The van der Waals surface area contributed by atoms with Gasteiger partial charge in [0.2, 0.25) is 11.8 Å². The van der Waals surface area contributed by atoms with E-state index in [0.29, 0.717) is 32.2 Å². The molecular formula is C13H21FN2O2. The molecule has 1 spiro atoms. The van der Waals surface area contributed by atoms with Crippen molar-refractivity contribution in [1.82, 2.24) is 10.2 Å². The molecular weight excluding hydrogens is 235 g/mol. The highest BCUT2D eigenvalue weighted by molar-refractivity contribution is 6.00. The Balaban J connectivity index is 2.25. The van der Waals surface area contributed by atoms with Crippen LogP contribution in [0.4, 0.5) is 4.39 Å². The van der Waals surface area contributed by atoms with E-state index in [1.54, 1.807) is 4.90 Å². The quantitative estimate of drug-likeness (QED) is 0.826. The van der Waals surface area contributed by atoms with Crippen molar-refractivity contribution in [3.8, 4) is 0 Å². The highest BCUT2D eigenvalue weighted by atomic mass is 19.1. The molecule has 0 aromatic heterocycles. The number of carbonyl (C=O) groups excluding carboxylic acids is 2. The number of carbonyl (C=O) groups is 2. The number of alkyl halides is 1. The van der Waals surface area contributed by atoms with Crippen LogP contribution in [-0.2, 0) is 9.59 Å². The normalized spacial score (nSPS) is 26.8. The molecule has 1 aliphatic carbocycles. The minimum atomic E-state index is -0.683. The van der Waals surface area contributed by atoms with Crippen LogP contribution in [0.2, 0.25) is 0 Å². The van der Waals surface area contributed by atoms with Crippen LogP contribution >= 0.6 is 0 Å². The van der Waals surface area contributed by atoms with E-state index in [1.807, 2.05) is 6.92 Å². The van der Waals surface area contributed by atoms with E-state index in [4.69, 9.17) is 0 Å². The average molecular weight is 256 g/mol. The first-order chi connectivity index (χ1) is 8.65. The highest BCUT2D eigenvalue weighted by Gasteiger charge is 2.52. The fraction of sp³-hybridized carbons (Fsp3) is 0.846. The summed E-state index contributed by atoms with van der Waals surface area (Å²) in [5.41, 5.74) is -0.683. The minimum Gasteiger partial charge on any atom is -0.342 e. The van der Waals surface area contributed by atoms with E-state index in [1.165, 1.54) is 0 Å². The van der Waals surface area contributed by atoms with E-state index >= 15 is 0 Å². The SMILES string of the molecule is CCC1NC(=O)C2(CCCC2)N(CCCF)C1=O. The van der Waals surface area contributed by atoms with Crippen LogP contribution in [0.5, 0.6) is 0 Å². The van der Waals surface area contributed by atoms with Gasteiger partial charge in [0.1, 0.15) is 11.6 Å². The van der Waals surface area contributed by atoms with Gasteiger partial charge in [-0.25, -0.2) is 0 Å². The number of amides is 2. The summed E-state index contributed by atoms with van der Waals surface area (Å²) in [6, 6.07) is -0.427. The first-order valence-corrected chi connectivity index (χ1v) is 6.84. The number of nitrogens with one attached hydrogen (secondary N) is 1. The predicted octanol–water partition coefficient (Wildman–Crippen LogP) is 1.40. The zero-order valence-corrected chi connectivity index (χ0v) is 10.9. The Hall–Kier alpha value is -1.13. The van der Waals surface area contributed by atoms with Crippen LogP contribution in [0.3, 0.4) is 0 Å². The summed E-state index contributed by atoms with van der Waals surface area (Å²) in [5, 5.41) is 2.83. The molecule has 0 aromatic carbocycles. The maximum absolute atomic E-state index is 12.4. The summed E-state index contributed by atoms with van der Waals surface area (Å²) in [7, 11) is 0. The lowest BCUT2D eigenvalue weighted by molar-refractivity contribution is -0.157.